The number of benzene rings is 1. The first kappa shape index (κ1) is 14.6. The van der Waals surface area contributed by atoms with Gasteiger partial charge in [-0.15, -0.1) is 0 Å². The van der Waals surface area contributed by atoms with E-state index in [4.69, 9.17) is 23.2 Å². The standard InChI is InChI=1S/C16H22Cl2N2/c1-20-15-2-3-16(20)7-12(6-15)10-19-9-11-4-13(17)8-14(18)5-11/h4-5,8,12,15-16,19H,2-3,6-7,9-10H2,1H3. The van der Waals surface area contributed by atoms with E-state index in [1.807, 2.05) is 12.1 Å². The van der Waals surface area contributed by atoms with Crippen LogP contribution < -0.4 is 5.32 Å². The maximum Gasteiger partial charge on any atom is 0.0424 e. The number of hydrogen-bond donors (Lipinski definition) is 1. The average Bonchev–Trinajstić information content (AvgIpc) is 2.61. The van der Waals surface area contributed by atoms with Gasteiger partial charge >= 0.3 is 0 Å². The Morgan fingerprint density at radius 1 is 1.10 bits per heavy atom. The van der Waals surface area contributed by atoms with Gasteiger partial charge in [0, 0.05) is 28.7 Å². The second-order valence-corrected chi connectivity index (χ2v) is 7.17. The fourth-order valence-corrected chi connectivity index (χ4v) is 4.40. The van der Waals surface area contributed by atoms with E-state index in [9.17, 15) is 0 Å². The minimum absolute atomic E-state index is 0.714. The summed E-state index contributed by atoms with van der Waals surface area (Å²) in [5.41, 5.74) is 1.17. The van der Waals surface area contributed by atoms with E-state index < -0.39 is 0 Å². The number of hydrogen-bond acceptors (Lipinski definition) is 2. The Kier molecular flexibility index (Phi) is 4.56. The highest BCUT2D eigenvalue weighted by Crippen LogP contribution is 2.37. The van der Waals surface area contributed by atoms with Crippen molar-refractivity contribution >= 4 is 23.2 Å². The SMILES string of the molecule is CN1C2CCC1CC(CNCc1cc(Cl)cc(Cl)c1)C2. The summed E-state index contributed by atoms with van der Waals surface area (Å²) in [4.78, 5) is 2.59. The van der Waals surface area contributed by atoms with Crippen molar-refractivity contribution in [2.24, 2.45) is 5.92 Å². The van der Waals surface area contributed by atoms with E-state index in [0.29, 0.717) is 10.0 Å². The molecule has 1 aromatic carbocycles. The van der Waals surface area contributed by atoms with Crippen LogP contribution in [0.25, 0.3) is 0 Å². The molecule has 2 aliphatic heterocycles. The van der Waals surface area contributed by atoms with Crippen LogP contribution >= 0.6 is 23.2 Å². The fourth-order valence-electron chi connectivity index (χ4n) is 3.82. The van der Waals surface area contributed by atoms with Gasteiger partial charge in [0.2, 0.25) is 0 Å². The van der Waals surface area contributed by atoms with Crippen LogP contribution in [0, 0.1) is 5.92 Å². The number of halogens is 2. The van der Waals surface area contributed by atoms with Crippen LogP contribution in [-0.2, 0) is 6.54 Å². The largest absolute Gasteiger partial charge is 0.312 e. The average molecular weight is 313 g/mol. The van der Waals surface area contributed by atoms with Gasteiger partial charge in [0.05, 0.1) is 0 Å². The number of fused-ring (bicyclic) bond motifs is 2. The molecule has 0 aromatic heterocycles. The first-order chi connectivity index (χ1) is 9.61. The van der Waals surface area contributed by atoms with Crippen LogP contribution in [0.15, 0.2) is 18.2 Å². The lowest BCUT2D eigenvalue weighted by atomic mass is 9.91. The molecule has 1 N–H and O–H groups in total. The van der Waals surface area contributed by atoms with E-state index in [0.717, 1.165) is 31.1 Å². The number of nitrogens with zero attached hydrogens (tertiary/aromatic N) is 1. The molecular formula is C16H22Cl2N2. The Labute approximate surface area is 131 Å². The molecule has 0 radical (unpaired) electrons. The summed E-state index contributed by atoms with van der Waals surface area (Å²) < 4.78 is 0. The van der Waals surface area contributed by atoms with Crippen LogP contribution in [-0.4, -0.2) is 30.6 Å². The fraction of sp³-hybridized carbons (Fsp3) is 0.625. The minimum Gasteiger partial charge on any atom is -0.312 e. The molecule has 1 aromatic rings. The summed E-state index contributed by atoms with van der Waals surface area (Å²) in [5.74, 6) is 0.818. The summed E-state index contributed by atoms with van der Waals surface area (Å²) in [7, 11) is 2.29. The summed E-state index contributed by atoms with van der Waals surface area (Å²) >= 11 is 12.0. The molecule has 0 aliphatic carbocycles. The van der Waals surface area contributed by atoms with Crippen LogP contribution in [0.3, 0.4) is 0 Å². The van der Waals surface area contributed by atoms with Gasteiger partial charge in [0.1, 0.15) is 0 Å². The molecule has 2 nitrogen and oxygen atoms in total. The third-order valence-electron chi connectivity index (χ3n) is 4.88. The molecule has 2 saturated heterocycles. The van der Waals surface area contributed by atoms with Crippen LogP contribution in [0.1, 0.15) is 31.2 Å². The van der Waals surface area contributed by atoms with Crippen molar-refractivity contribution in [3.05, 3.63) is 33.8 Å². The third kappa shape index (κ3) is 3.30. The summed E-state index contributed by atoms with van der Waals surface area (Å²) in [5, 5.41) is 5.00. The van der Waals surface area contributed by atoms with Gasteiger partial charge in [0.25, 0.3) is 0 Å². The Morgan fingerprint density at radius 3 is 2.30 bits per heavy atom. The lowest BCUT2D eigenvalue weighted by Crippen LogP contribution is -2.42. The van der Waals surface area contributed by atoms with Crippen molar-refractivity contribution < 1.29 is 0 Å². The maximum absolute atomic E-state index is 6.02. The predicted octanol–water partition coefficient (Wildman–Crippen LogP) is 3.96. The second kappa shape index (κ2) is 6.23. The molecule has 0 spiro atoms. The third-order valence-corrected chi connectivity index (χ3v) is 5.32. The molecule has 0 saturated carbocycles. The molecule has 2 unspecified atom stereocenters. The Balaban J connectivity index is 1.48. The first-order valence-electron chi connectivity index (χ1n) is 7.49. The minimum atomic E-state index is 0.714. The molecule has 2 fully saturated rings. The van der Waals surface area contributed by atoms with Crippen molar-refractivity contribution in [2.45, 2.75) is 44.3 Å². The molecule has 4 heteroatoms. The van der Waals surface area contributed by atoms with E-state index in [1.54, 1.807) is 6.07 Å². The topological polar surface area (TPSA) is 15.3 Å². The van der Waals surface area contributed by atoms with Crippen molar-refractivity contribution in [2.75, 3.05) is 13.6 Å². The van der Waals surface area contributed by atoms with E-state index in [1.165, 1.54) is 31.2 Å². The van der Waals surface area contributed by atoms with E-state index >= 15 is 0 Å². The highest BCUT2D eigenvalue weighted by molar-refractivity contribution is 6.34. The van der Waals surface area contributed by atoms with Gasteiger partial charge in [-0.25, -0.2) is 0 Å². The maximum atomic E-state index is 6.02. The van der Waals surface area contributed by atoms with E-state index in [2.05, 4.69) is 17.3 Å². The monoisotopic (exact) mass is 312 g/mol. The van der Waals surface area contributed by atoms with Gasteiger partial charge in [-0.1, -0.05) is 23.2 Å². The lowest BCUT2D eigenvalue weighted by Gasteiger charge is -2.36. The quantitative estimate of drug-likeness (QED) is 0.905. The number of nitrogens with one attached hydrogen (secondary N) is 1. The predicted molar refractivity (Wildman–Crippen MR) is 85.5 cm³/mol. The van der Waals surface area contributed by atoms with Gasteiger partial charge in [0.15, 0.2) is 0 Å². The smallest absolute Gasteiger partial charge is 0.0424 e. The Hall–Kier alpha value is -0.280. The highest BCUT2D eigenvalue weighted by Gasteiger charge is 2.37. The first-order valence-corrected chi connectivity index (χ1v) is 8.25. The van der Waals surface area contributed by atoms with Gasteiger partial charge in [-0.2, -0.15) is 0 Å². The molecule has 2 bridgehead atoms. The summed E-state index contributed by atoms with van der Waals surface area (Å²) in [6.45, 7) is 1.95. The van der Waals surface area contributed by atoms with Crippen LogP contribution in [0.2, 0.25) is 10.0 Å². The molecule has 3 rings (SSSR count). The van der Waals surface area contributed by atoms with Gasteiger partial charge < -0.3 is 10.2 Å². The number of rotatable bonds is 4. The molecule has 2 heterocycles. The zero-order valence-electron chi connectivity index (χ0n) is 11.9. The van der Waals surface area contributed by atoms with Gasteiger partial charge in [-0.05, 0) is 69.0 Å². The molecule has 2 atom stereocenters. The summed E-state index contributed by atoms with van der Waals surface area (Å²) in [6.07, 6.45) is 5.47. The van der Waals surface area contributed by atoms with E-state index in [-0.39, 0.29) is 0 Å². The van der Waals surface area contributed by atoms with Crippen molar-refractivity contribution in [1.82, 2.24) is 10.2 Å². The highest BCUT2D eigenvalue weighted by atomic mass is 35.5. The summed E-state index contributed by atoms with van der Waals surface area (Å²) in [6, 6.07) is 7.39. The molecular weight excluding hydrogens is 291 g/mol. The molecule has 0 amide bonds. The zero-order chi connectivity index (χ0) is 14.1. The van der Waals surface area contributed by atoms with Crippen molar-refractivity contribution in [3.8, 4) is 0 Å². The molecule has 2 aliphatic rings. The van der Waals surface area contributed by atoms with Crippen molar-refractivity contribution in [1.29, 1.82) is 0 Å². The Morgan fingerprint density at radius 2 is 1.70 bits per heavy atom. The molecule has 20 heavy (non-hydrogen) atoms. The zero-order valence-corrected chi connectivity index (χ0v) is 13.4. The van der Waals surface area contributed by atoms with Crippen LogP contribution in [0.5, 0.6) is 0 Å². The normalized spacial score (nSPS) is 29.9. The second-order valence-electron chi connectivity index (χ2n) is 6.30. The number of piperidine rings is 1. The molecule has 110 valence electrons. The van der Waals surface area contributed by atoms with Gasteiger partial charge in [-0.3, -0.25) is 0 Å². The lowest BCUT2D eigenvalue weighted by molar-refractivity contribution is 0.133. The Bertz CT molecular complexity index is 443. The van der Waals surface area contributed by atoms with Crippen molar-refractivity contribution in [3.63, 3.8) is 0 Å². The van der Waals surface area contributed by atoms with Crippen LogP contribution in [0.4, 0.5) is 0 Å².